The molecule has 0 saturated heterocycles. The van der Waals surface area contributed by atoms with Crippen molar-refractivity contribution in [1.29, 1.82) is 0 Å². The Hall–Kier alpha value is -2.81. The molecule has 1 aromatic heterocycles. The summed E-state index contributed by atoms with van der Waals surface area (Å²) in [4.78, 5) is 17.6. The van der Waals surface area contributed by atoms with E-state index in [1.54, 1.807) is 37.3 Å². The van der Waals surface area contributed by atoms with E-state index in [4.69, 9.17) is 25.8 Å². The van der Waals surface area contributed by atoms with Crippen LogP contribution in [0.3, 0.4) is 0 Å². The van der Waals surface area contributed by atoms with Gasteiger partial charge in [-0.3, -0.25) is 4.79 Å². The molecule has 1 atom stereocenters. The van der Waals surface area contributed by atoms with E-state index in [0.717, 1.165) is 10.6 Å². The highest BCUT2D eigenvalue weighted by Crippen LogP contribution is 2.36. The third kappa shape index (κ3) is 5.66. The lowest BCUT2D eigenvalue weighted by molar-refractivity contribution is 0.0836. The summed E-state index contributed by atoms with van der Waals surface area (Å²) in [5.74, 6) is 1.07. The van der Waals surface area contributed by atoms with E-state index in [1.165, 1.54) is 25.6 Å². The second-order valence-electron chi connectivity index (χ2n) is 6.61. The number of methoxy groups -OCH3 is 2. The van der Waals surface area contributed by atoms with Crippen LogP contribution in [0.15, 0.2) is 42.5 Å². The molecule has 0 bridgehead atoms. The summed E-state index contributed by atoms with van der Waals surface area (Å²) in [5, 5.41) is 14.4. The molecular formula is C22H23ClN2O5S. The number of aliphatic hydroxyl groups is 1. The number of carbonyl (C=O) groups excluding carboxylic acids is 1. The molecule has 1 unspecified atom stereocenters. The predicted octanol–water partition coefficient (Wildman–Crippen LogP) is 3.96. The fourth-order valence-electron chi connectivity index (χ4n) is 2.81. The maximum absolute atomic E-state index is 12.6. The topological polar surface area (TPSA) is 89.9 Å². The van der Waals surface area contributed by atoms with Gasteiger partial charge in [-0.25, -0.2) is 4.98 Å². The Morgan fingerprint density at radius 1 is 1.16 bits per heavy atom. The summed E-state index contributed by atoms with van der Waals surface area (Å²) in [6.07, 6.45) is -0.928. The Bertz CT molecular complexity index is 1020. The van der Waals surface area contributed by atoms with Gasteiger partial charge in [-0.2, -0.15) is 0 Å². The lowest BCUT2D eigenvalue weighted by atomic mass is 10.2. The molecule has 9 heteroatoms. The van der Waals surface area contributed by atoms with Gasteiger partial charge in [0.1, 0.15) is 22.6 Å². The molecule has 7 nitrogen and oxygen atoms in total. The maximum atomic E-state index is 12.6. The standard InChI is InChI=1S/C22H23ClN2O5S/c1-13-20(31-22(25-13)14-7-9-15(23)10-8-14)21(27)24-11-16(26)12-30-19-17(28-2)5-4-6-18(19)29-3/h4-10,16,26H,11-12H2,1-3H3,(H,24,27). The van der Waals surface area contributed by atoms with Crippen LogP contribution >= 0.6 is 22.9 Å². The summed E-state index contributed by atoms with van der Waals surface area (Å²) < 4.78 is 16.2. The van der Waals surface area contributed by atoms with Gasteiger partial charge in [-0.05, 0) is 31.2 Å². The normalized spacial score (nSPS) is 11.6. The zero-order valence-electron chi connectivity index (χ0n) is 17.3. The predicted molar refractivity (Wildman–Crippen MR) is 121 cm³/mol. The van der Waals surface area contributed by atoms with Crippen molar-refractivity contribution in [3.05, 3.63) is 58.1 Å². The molecule has 0 aliphatic rings. The molecule has 31 heavy (non-hydrogen) atoms. The van der Waals surface area contributed by atoms with Gasteiger partial charge in [0.25, 0.3) is 5.91 Å². The third-order valence-corrected chi connectivity index (χ3v) is 5.85. The van der Waals surface area contributed by atoms with E-state index in [9.17, 15) is 9.90 Å². The van der Waals surface area contributed by atoms with E-state index in [-0.39, 0.29) is 19.1 Å². The smallest absolute Gasteiger partial charge is 0.263 e. The zero-order valence-corrected chi connectivity index (χ0v) is 18.9. The first-order valence-corrected chi connectivity index (χ1v) is 10.7. The van der Waals surface area contributed by atoms with Crippen molar-refractivity contribution in [2.75, 3.05) is 27.4 Å². The number of para-hydroxylation sites is 1. The average molecular weight is 463 g/mol. The van der Waals surface area contributed by atoms with E-state index in [2.05, 4.69) is 10.3 Å². The fourth-order valence-corrected chi connectivity index (χ4v) is 3.93. The number of ether oxygens (including phenoxy) is 3. The molecule has 0 aliphatic heterocycles. The first kappa shape index (κ1) is 22.9. The van der Waals surface area contributed by atoms with E-state index >= 15 is 0 Å². The first-order valence-electron chi connectivity index (χ1n) is 9.46. The minimum Gasteiger partial charge on any atom is -0.493 e. The number of hydrogen-bond acceptors (Lipinski definition) is 7. The highest BCUT2D eigenvalue weighted by atomic mass is 35.5. The van der Waals surface area contributed by atoms with Gasteiger partial charge in [0, 0.05) is 17.1 Å². The van der Waals surface area contributed by atoms with Crippen molar-refractivity contribution >= 4 is 28.8 Å². The Morgan fingerprint density at radius 3 is 2.42 bits per heavy atom. The lowest BCUT2D eigenvalue weighted by Gasteiger charge is -2.17. The number of aliphatic hydroxyl groups excluding tert-OH is 1. The third-order valence-electron chi connectivity index (χ3n) is 4.39. The largest absolute Gasteiger partial charge is 0.493 e. The summed E-state index contributed by atoms with van der Waals surface area (Å²) in [6, 6.07) is 12.5. The maximum Gasteiger partial charge on any atom is 0.263 e. The van der Waals surface area contributed by atoms with Crippen molar-refractivity contribution in [3.63, 3.8) is 0 Å². The van der Waals surface area contributed by atoms with Crippen molar-refractivity contribution in [2.24, 2.45) is 0 Å². The molecule has 2 aromatic carbocycles. The number of nitrogens with zero attached hydrogens (tertiary/aromatic N) is 1. The fraction of sp³-hybridized carbons (Fsp3) is 0.273. The van der Waals surface area contributed by atoms with E-state index in [0.29, 0.717) is 32.8 Å². The van der Waals surface area contributed by atoms with Gasteiger partial charge in [0.15, 0.2) is 11.5 Å². The summed E-state index contributed by atoms with van der Waals surface area (Å²) >= 11 is 7.21. The second-order valence-corrected chi connectivity index (χ2v) is 8.04. The molecule has 0 aliphatic carbocycles. The number of carbonyl (C=O) groups is 1. The molecule has 164 valence electrons. The number of rotatable bonds is 9. The summed E-state index contributed by atoms with van der Waals surface area (Å²) in [6.45, 7) is 1.75. The molecule has 3 rings (SSSR count). The molecule has 1 heterocycles. The number of nitrogens with one attached hydrogen (secondary N) is 1. The number of aromatic nitrogens is 1. The van der Waals surface area contributed by atoms with Gasteiger partial charge < -0.3 is 24.6 Å². The molecule has 0 spiro atoms. The Morgan fingerprint density at radius 2 is 1.81 bits per heavy atom. The highest BCUT2D eigenvalue weighted by molar-refractivity contribution is 7.17. The lowest BCUT2D eigenvalue weighted by Crippen LogP contribution is -2.35. The molecule has 0 saturated carbocycles. The van der Waals surface area contributed by atoms with E-state index < -0.39 is 6.10 Å². The SMILES string of the molecule is COc1cccc(OC)c1OCC(O)CNC(=O)c1sc(-c2ccc(Cl)cc2)nc1C. The second kappa shape index (κ2) is 10.5. The van der Waals surface area contributed by atoms with Gasteiger partial charge >= 0.3 is 0 Å². The van der Waals surface area contributed by atoms with Crippen LogP contribution in [0.2, 0.25) is 5.02 Å². The number of amides is 1. The molecule has 1 amide bonds. The van der Waals surface area contributed by atoms with Gasteiger partial charge in [0.05, 0.1) is 19.9 Å². The van der Waals surface area contributed by atoms with Gasteiger partial charge in [0.2, 0.25) is 5.75 Å². The van der Waals surface area contributed by atoms with Crippen molar-refractivity contribution in [1.82, 2.24) is 10.3 Å². The number of benzene rings is 2. The van der Waals surface area contributed by atoms with Crippen LogP contribution in [0, 0.1) is 6.92 Å². The summed E-state index contributed by atoms with van der Waals surface area (Å²) in [5.41, 5.74) is 1.51. The van der Waals surface area contributed by atoms with Crippen LogP contribution in [0.5, 0.6) is 17.2 Å². The number of aryl methyl sites for hydroxylation is 1. The van der Waals surface area contributed by atoms with Crippen LogP contribution in [0.4, 0.5) is 0 Å². The van der Waals surface area contributed by atoms with Gasteiger partial charge in [-0.1, -0.05) is 29.8 Å². The highest BCUT2D eigenvalue weighted by Gasteiger charge is 2.18. The molecule has 0 radical (unpaired) electrons. The molecule has 3 aromatic rings. The number of halogens is 1. The minimum absolute atomic E-state index is 0.0178. The van der Waals surface area contributed by atoms with Crippen molar-refractivity contribution < 1.29 is 24.1 Å². The summed E-state index contributed by atoms with van der Waals surface area (Å²) in [7, 11) is 3.04. The van der Waals surface area contributed by atoms with Crippen molar-refractivity contribution in [2.45, 2.75) is 13.0 Å². The average Bonchev–Trinajstić information content (AvgIpc) is 3.17. The van der Waals surface area contributed by atoms with E-state index in [1.807, 2.05) is 12.1 Å². The van der Waals surface area contributed by atoms with Crippen LogP contribution < -0.4 is 19.5 Å². The van der Waals surface area contributed by atoms with Crippen LogP contribution in [0.1, 0.15) is 15.4 Å². The monoisotopic (exact) mass is 462 g/mol. The first-order chi connectivity index (χ1) is 14.9. The number of hydrogen-bond donors (Lipinski definition) is 2. The number of thiazole rings is 1. The van der Waals surface area contributed by atoms with Gasteiger partial charge in [-0.15, -0.1) is 11.3 Å². The van der Waals surface area contributed by atoms with Crippen LogP contribution in [-0.2, 0) is 0 Å². The zero-order chi connectivity index (χ0) is 22.4. The quantitative estimate of drug-likeness (QED) is 0.500. The van der Waals surface area contributed by atoms with Crippen LogP contribution in [0.25, 0.3) is 10.6 Å². The molecule has 2 N–H and O–H groups in total. The van der Waals surface area contributed by atoms with Crippen molar-refractivity contribution in [3.8, 4) is 27.8 Å². The Kier molecular flexibility index (Phi) is 7.73. The Labute approximate surface area is 189 Å². The van der Waals surface area contributed by atoms with Crippen LogP contribution in [-0.4, -0.2) is 49.5 Å². The molecule has 0 fully saturated rings. The molecular weight excluding hydrogens is 440 g/mol. The Balaban J connectivity index is 1.58. The minimum atomic E-state index is -0.928.